The van der Waals surface area contributed by atoms with E-state index in [0.29, 0.717) is 29.7 Å². The van der Waals surface area contributed by atoms with Crippen LogP contribution in [0.1, 0.15) is 31.3 Å². The molecule has 3 amide bonds. The van der Waals surface area contributed by atoms with Gasteiger partial charge in [-0.2, -0.15) is 0 Å². The molecule has 0 spiro atoms. The van der Waals surface area contributed by atoms with Gasteiger partial charge in [0.25, 0.3) is 0 Å². The first-order valence-corrected chi connectivity index (χ1v) is 10.6. The van der Waals surface area contributed by atoms with Gasteiger partial charge in [0, 0.05) is 30.4 Å². The molecule has 1 aliphatic heterocycles. The van der Waals surface area contributed by atoms with Crippen LogP contribution in [-0.4, -0.2) is 47.6 Å². The Hall–Kier alpha value is -2.65. The largest absolute Gasteiger partial charge is 0.492 e. The highest BCUT2D eigenvalue weighted by molar-refractivity contribution is 7.15. The van der Waals surface area contributed by atoms with Gasteiger partial charge < -0.3 is 15.4 Å². The quantitative estimate of drug-likeness (QED) is 0.644. The van der Waals surface area contributed by atoms with E-state index < -0.39 is 0 Å². The fourth-order valence-corrected chi connectivity index (χ4v) is 4.12. The van der Waals surface area contributed by atoms with E-state index in [1.165, 1.54) is 11.3 Å². The summed E-state index contributed by atoms with van der Waals surface area (Å²) in [6.07, 6.45) is 0.752. The van der Waals surface area contributed by atoms with Crippen molar-refractivity contribution in [3.63, 3.8) is 0 Å². The maximum Gasteiger partial charge on any atom is 0.321 e. The van der Waals surface area contributed by atoms with Crippen molar-refractivity contribution in [2.75, 3.05) is 30.3 Å². The maximum atomic E-state index is 12.5. The number of fused-ring (bicyclic) bond motifs is 1. The van der Waals surface area contributed by atoms with E-state index in [-0.39, 0.29) is 24.5 Å². The first kappa shape index (κ1) is 21.1. The summed E-state index contributed by atoms with van der Waals surface area (Å²) in [5, 5.41) is 9.09. The average Bonchev–Trinajstić information content (AvgIpc) is 3.04. The third-order valence-corrected chi connectivity index (χ3v) is 5.28. The van der Waals surface area contributed by atoms with E-state index in [1.54, 1.807) is 0 Å². The zero-order valence-corrected chi connectivity index (χ0v) is 17.8. The topological polar surface area (TPSA) is 95.6 Å². The zero-order chi connectivity index (χ0) is 20.8. The van der Waals surface area contributed by atoms with Crippen LogP contribution in [0.4, 0.5) is 15.6 Å². The van der Waals surface area contributed by atoms with E-state index in [4.69, 9.17) is 4.74 Å². The van der Waals surface area contributed by atoms with Crippen LogP contribution in [0, 0.1) is 0 Å². The fraction of sp³-hybridized carbons (Fsp3) is 0.450. The Kier molecular flexibility index (Phi) is 7.05. The number of hydrogen-bond acceptors (Lipinski definition) is 6. The van der Waals surface area contributed by atoms with Crippen LogP contribution in [0.3, 0.4) is 0 Å². The van der Waals surface area contributed by atoms with Gasteiger partial charge in [0.15, 0.2) is 5.13 Å². The summed E-state index contributed by atoms with van der Waals surface area (Å²) in [5.74, 6) is 0.585. The van der Waals surface area contributed by atoms with E-state index in [0.717, 1.165) is 23.5 Å². The van der Waals surface area contributed by atoms with Gasteiger partial charge in [0.1, 0.15) is 5.75 Å². The van der Waals surface area contributed by atoms with Crippen molar-refractivity contribution >= 4 is 34.1 Å². The van der Waals surface area contributed by atoms with E-state index in [9.17, 15) is 9.59 Å². The van der Waals surface area contributed by atoms with Crippen LogP contribution < -0.4 is 20.7 Å². The number of carbonyl (C=O) groups excluding carboxylic acids is 2. The van der Waals surface area contributed by atoms with Gasteiger partial charge in [-0.3, -0.25) is 15.0 Å². The summed E-state index contributed by atoms with van der Waals surface area (Å²) >= 11 is 1.46. The molecule has 0 fully saturated rings. The van der Waals surface area contributed by atoms with E-state index in [1.807, 2.05) is 45.0 Å². The number of urea groups is 1. The predicted molar refractivity (Wildman–Crippen MR) is 115 cm³/mol. The standard InChI is InChI=1S/C20H27N5O3S/c1-4-28-16-8-6-5-7-14(16)22-18(26)12-25-10-9-15-17(11-25)29-20(23-15)24-19(27)21-13(2)3/h5-8,13H,4,9-12H2,1-3H3,(H,22,26)(H2,21,23,24,27). The zero-order valence-electron chi connectivity index (χ0n) is 16.9. The van der Waals surface area contributed by atoms with Crippen molar-refractivity contribution in [3.05, 3.63) is 34.8 Å². The van der Waals surface area contributed by atoms with Crippen LogP contribution in [0.25, 0.3) is 0 Å². The van der Waals surface area contributed by atoms with Crippen molar-refractivity contribution in [3.8, 4) is 5.75 Å². The number of carbonyl (C=O) groups is 2. The molecule has 0 aliphatic carbocycles. The first-order chi connectivity index (χ1) is 13.9. The highest BCUT2D eigenvalue weighted by Gasteiger charge is 2.23. The molecule has 8 nitrogen and oxygen atoms in total. The van der Waals surface area contributed by atoms with Crippen LogP contribution in [0.2, 0.25) is 0 Å². The second-order valence-electron chi connectivity index (χ2n) is 7.08. The number of anilines is 2. The van der Waals surface area contributed by atoms with Crippen LogP contribution in [0.15, 0.2) is 24.3 Å². The van der Waals surface area contributed by atoms with Crippen molar-refractivity contribution in [2.24, 2.45) is 0 Å². The summed E-state index contributed by atoms with van der Waals surface area (Å²) in [4.78, 5) is 32.1. The van der Waals surface area contributed by atoms with Gasteiger partial charge in [-0.15, -0.1) is 11.3 Å². The molecule has 9 heteroatoms. The first-order valence-electron chi connectivity index (χ1n) is 9.74. The smallest absolute Gasteiger partial charge is 0.321 e. The Morgan fingerprint density at radius 3 is 2.83 bits per heavy atom. The molecular weight excluding hydrogens is 390 g/mol. The molecule has 29 heavy (non-hydrogen) atoms. The molecule has 1 aliphatic rings. The molecule has 0 bridgehead atoms. The number of hydrogen-bond donors (Lipinski definition) is 3. The van der Waals surface area contributed by atoms with Gasteiger partial charge in [0.05, 0.1) is 24.5 Å². The Morgan fingerprint density at radius 1 is 1.28 bits per heavy atom. The van der Waals surface area contributed by atoms with E-state index in [2.05, 4.69) is 25.8 Å². The molecule has 0 atom stereocenters. The van der Waals surface area contributed by atoms with Crippen molar-refractivity contribution in [2.45, 2.75) is 39.8 Å². The molecule has 1 aromatic carbocycles. The number of para-hydroxylation sites is 2. The molecule has 1 aromatic heterocycles. The highest BCUT2D eigenvalue weighted by Crippen LogP contribution is 2.28. The summed E-state index contributed by atoms with van der Waals surface area (Å²) in [6.45, 7) is 7.93. The lowest BCUT2D eigenvalue weighted by molar-refractivity contribution is -0.117. The van der Waals surface area contributed by atoms with Gasteiger partial charge in [-0.25, -0.2) is 9.78 Å². The molecular formula is C20H27N5O3S. The van der Waals surface area contributed by atoms with Crippen LogP contribution in [-0.2, 0) is 17.8 Å². The van der Waals surface area contributed by atoms with Gasteiger partial charge in [-0.1, -0.05) is 12.1 Å². The number of amides is 3. The molecule has 0 radical (unpaired) electrons. The number of benzene rings is 1. The van der Waals surface area contributed by atoms with Gasteiger partial charge in [0.2, 0.25) is 5.91 Å². The summed E-state index contributed by atoms with van der Waals surface area (Å²) in [7, 11) is 0. The Labute approximate surface area is 174 Å². The molecule has 0 saturated heterocycles. The molecule has 0 saturated carbocycles. The molecule has 2 aromatic rings. The molecule has 3 rings (SSSR count). The third kappa shape index (κ3) is 5.91. The minimum atomic E-state index is -0.254. The Bertz CT molecular complexity index is 868. The average molecular weight is 418 g/mol. The normalized spacial score (nSPS) is 13.7. The van der Waals surface area contributed by atoms with E-state index >= 15 is 0 Å². The Balaban J connectivity index is 1.56. The minimum absolute atomic E-state index is 0.0615. The van der Waals surface area contributed by atoms with Crippen molar-refractivity contribution < 1.29 is 14.3 Å². The molecule has 0 unspecified atom stereocenters. The molecule has 3 N–H and O–H groups in total. The lowest BCUT2D eigenvalue weighted by Crippen LogP contribution is -2.36. The molecule has 2 heterocycles. The lowest BCUT2D eigenvalue weighted by Gasteiger charge is -2.25. The molecule has 156 valence electrons. The van der Waals surface area contributed by atoms with Gasteiger partial charge in [-0.05, 0) is 32.9 Å². The fourth-order valence-electron chi connectivity index (χ4n) is 3.08. The number of nitrogens with zero attached hydrogens (tertiary/aromatic N) is 2. The van der Waals surface area contributed by atoms with Gasteiger partial charge >= 0.3 is 6.03 Å². The maximum absolute atomic E-state index is 12.5. The predicted octanol–water partition coefficient (Wildman–Crippen LogP) is 3.07. The van der Waals surface area contributed by atoms with Crippen LogP contribution in [0.5, 0.6) is 5.75 Å². The van der Waals surface area contributed by atoms with Crippen molar-refractivity contribution in [1.82, 2.24) is 15.2 Å². The highest BCUT2D eigenvalue weighted by atomic mass is 32.1. The second kappa shape index (κ2) is 9.71. The Morgan fingerprint density at radius 2 is 2.07 bits per heavy atom. The number of thiazole rings is 1. The lowest BCUT2D eigenvalue weighted by atomic mass is 10.2. The summed E-state index contributed by atoms with van der Waals surface area (Å²) in [5.41, 5.74) is 1.67. The van der Waals surface area contributed by atoms with Crippen LogP contribution >= 0.6 is 11.3 Å². The monoisotopic (exact) mass is 417 g/mol. The number of aromatic nitrogens is 1. The number of nitrogens with one attached hydrogen (secondary N) is 3. The number of ether oxygens (including phenoxy) is 1. The summed E-state index contributed by atoms with van der Waals surface area (Å²) < 4.78 is 5.56. The van der Waals surface area contributed by atoms with Crippen molar-refractivity contribution in [1.29, 1.82) is 0 Å². The number of rotatable bonds is 7. The minimum Gasteiger partial charge on any atom is -0.492 e. The third-order valence-electron chi connectivity index (χ3n) is 4.28. The second-order valence-corrected chi connectivity index (χ2v) is 8.16. The summed E-state index contributed by atoms with van der Waals surface area (Å²) in [6, 6.07) is 7.23. The SMILES string of the molecule is CCOc1ccccc1NC(=O)CN1CCc2nc(NC(=O)NC(C)C)sc2C1.